The molecule has 0 radical (unpaired) electrons. The van der Waals surface area contributed by atoms with Crippen LogP contribution >= 0.6 is 0 Å². The van der Waals surface area contributed by atoms with E-state index in [1.165, 1.54) is 12.8 Å². The van der Waals surface area contributed by atoms with E-state index in [1.54, 1.807) is 6.33 Å². The summed E-state index contributed by atoms with van der Waals surface area (Å²) in [5.41, 5.74) is 0. The van der Waals surface area contributed by atoms with Gasteiger partial charge < -0.3 is 15.0 Å². The van der Waals surface area contributed by atoms with Crippen LogP contribution in [0.1, 0.15) is 37.9 Å². The van der Waals surface area contributed by atoms with Gasteiger partial charge >= 0.3 is 0 Å². The van der Waals surface area contributed by atoms with E-state index in [2.05, 4.69) is 20.3 Å². The number of aromatic nitrogens is 3. The molecule has 7 heteroatoms. The van der Waals surface area contributed by atoms with E-state index >= 15 is 0 Å². The van der Waals surface area contributed by atoms with Crippen molar-refractivity contribution in [3.63, 3.8) is 0 Å². The van der Waals surface area contributed by atoms with Gasteiger partial charge in [-0.3, -0.25) is 4.79 Å². The number of nitrogens with one attached hydrogen (secondary N) is 1. The summed E-state index contributed by atoms with van der Waals surface area (Å²) in [5, 5.41) is 7.66. The SMILES string of the molecule is O=C(CN[C@@H]1CCc2ncnn2C1)N1CCO[C@@H]2CCCC[C@@H]21. The quantitative estimate of drug-likeness (QED) is 0.870. The van der Waals surface area contributed by atoms with Crippen molar-refractivity contribution in [2.24, 2.45) is 0 Å². The minimum absolute atomic E-state index is 0.217. The summed E-state index contributed by atoms with van der Waals surface area (Å²) >= 11 is 0. The Morgan fingerprint density at radius 2 is 2.26 bits per heavy atom. The monoisotopic (exact) mass is 319 g/mol. The molecule has 3 aliphatic rings. The largest absolute Gasteiger partial charge is 0.374 e. The molecule has 1 amide bonds. The fraction of sp³-hybridized carbons (Fsp3) is 0.812. The van der Waals surface area contributed by atoms with Crippen molar-refractivity contribution >= 4 is 5.91 Å². The zero-order valence-electron chi connectivity index (χ0n) is 13.5. The van der Waals surface area contributed by atoms with E-state index in [0.717, 1.165) is 44.6 Å². The number of hydrogen-bond donors (Lipinski definition) is 1. The number of fused-ring (bicyclic) bond motifs is 2. The molecular formula is C16H25N5O2. The average molecular weight is 319 g/mol. The zero-order valence-corrected chi connectivity index (χ0v) is 13.5. The first-order valence-corrected chi connectivity index (χ1v) is 8.82. The Morgan fingerprint density at radius 3 is 3.22 bits per heavy atom. The molecule has 1 N–H and O–H groups in total. The van der Waals surface area contributed by atoms with Crippen molar-refractivity contribution in [3.8, 4) is 0 Å². The molecule has 2 fully saturated rings. The van der Waals surface area contributed by atoms with Crippen LogP contribution in [0.4, 0.5) is 0 Å². The van der Waals surface area contributed by atoms with E-state index in [-0.39, 0.29) is 12.0 Å². The number of carbonyl (C=O) groups excluding carboxylic acids is 1. The van der Waals surface area contributed by atoms with Gasteiger partial charge in [0, 0.05) is 19.0 Å². The molecule has 1 aromatic heterocycles. The highest BCUT2D eigenvalue weighted by Crippen LogP contribution is 2.28. The lowest BCUT2D eigenvalue weighted by atomic mass is 9.90. The van der Waals surface area contributed by atoms with Gasteiger partial charge in [0.05, 0.1) is 31.8 Å². The van der Waals surface area contributed by atoms with Gasteiger partial charge in [-0.25, -0.2) is 9.67 Å². The van der Waals surface area contributed by atoms with Gasteiger partial charge in [-0.05, 0) is 19.3 Å². The molecule has 0 spiro atoms. The molecule has 3 heterocycles. The van der Waals surface area contributed by atoms with Gasteiger partial charge in [-0.1, -0.05) is 12.8 Å². The standard InChI is InChI=1S/C16H25N5O2/c22-16(20-7-8-23-14-4-2-1-3-13(14)20)9-17-12-5-6-15-18-11-19-21(15)10-12/h11-14,17H,1-10H2/t12-,13+,14-/m1/s1. The number of hydrogen-bond acceptors (Lipinski definition) is 5. The number of nitrogens with zero attached hydrogens (tertiary/aromatic N) is 4. The minimum Gasteiger partial charge on any atom is -0.374 e. The van der Waals surface area contributed by atoms with Crippen molar-refractivity contribution in [2.75, 3.05) is 19.7 Å². The molecule has 126 valence electrons. The molecule has 0 unspecified atom stereocenters. The number of rotatable bonds is 3. The van der Waals surface area contributed by atoms with Gasteiger partial charge in [0.15, 0.2) is 0 Å². The summed E-state index contributed by atoms with van der Waals surface area (Å²) in [4.78, 5) is 19.0. The van der Waals surface area contributed by atoms with Crippen LogP contribution in [0.3, 0.4) is 0 Å². The summed E-state index contributed by atoms with van der Waals surface area (Å²) in [6.45, 7) is 2.63. The number of ether oxygens (including phenoxy) is 1. The third kappa shape index (κ3) is 3.12. The second-order valence-electron chi connectivity index (χ2n) is 6.82. The molecule has 0 bridgehead atoms. The Kier molecular flexibility index (Phi) is 4.31. The zero-order chi connectivity index (χ0) is 15.6. The fourth-order valence-corrected chi connectivity index (χ4v) is 4.14. The Labute approximate surface area is 136 Å². The maximum atomic E-state index is 12.7. The Hall–Kier alpha value is -1.47. The Bertz CT molecular complexity index is 558. The van der Waals surface area contributed by atoms with Gasteiger partial charge in [-0.15, -0.1) is 0 Å². The van der Waals surface area contributed by atoms with E-state index in [1.807, 2.05) is 4.68 Å². The normalized spacial score (nSPS) is 30.6. The van der Waals surface area contributed by atoms with Crippen molar-refractivity contribution in [1.82, 2.24) is 25.0 Å². The van der Waals surface area contributed by atoms with E-state index < -0.39 is 0 Å². The van der Waals surface area contributed by atoms with Crippen LogP contribution in [0.15, 0.2) is 6.33 Å². The first-order valence-electron chi connectivity index (χ1n) is 8.82. The van der Waals surface area contributed by atoms with E-state index in [9.17, 15) is 4.79 Å². The number of morpholine rings is 1. The van der Waals surface area contributed by atoms with Crippen molar-refractivity contribution in [2.45, 2.75) is 63.3 Å². The molecule has 1 aromatic rings. The lowest BCUT2D eigenvalue weighted by Gasteiger charge is -2.44. The van der Waals surface area contributed by atoms with Crippen LogP contribution in [-0.2, 0) is 22.5 Å². The van der Waals surface area contributed by atoms with Crippen LogP contribution < -0.4 is 5.32 Å². The van der Waals surface area contributed by atoms with Gasteiger partial charge in [-0.2, -0.15) is 5.10 Å². The summed E-state index contributed by atoms with van der Waals surface area (Å²) < 4.78 is 7.80. The van der Waals surface area contributed by atoms with Crippen LogP contribution in [0.5, 0.6) is 0 Å². The van der Waals surface area contributed by atoms with Crippen molar-refractivity contribution in [3.05, 3.63) is 12.2 Å². The van der Waals surface area contributed by atoms with Crippen LogP contribution in [0.25, 0.3) is 0 Å². The summed E-state index contributed by atoms with van der Waals surface area (Å²) in [5.74, 6) is 1.27. The first-order chi connectivity index (χ1) is 11.3. The number of carbonyl (C=O) groups is 1. The summed E-state index contributed by atoms with van der Waals surface area (Å²) in [6.07, 6.45) is 8.42. The second kappa shape index (κ2) is 6.57. The maximum Gasteiger partial charge on any atom is 0.236 e. The first kappa shape index (κ1) is 15.1. The summed E-state index contributed by atoms with van der Waals surface area (Å²) in [7, 11) is 0. The molecule has 0 aromatic carbocycles. The Morgan fingerprint density at radius 1 is 1.35 bits per heavy atom. The van der Waals surface area contributed by atoms with Gasteiger partial charge in [0.25, 0.3) is 0 Å². The molecule has 4 rings (SSSR count). The molecule has 2 aliphatic heterocycles. The lowest BCUT2D eigenvalue weighted by molar-refractivity contribution is -0.148. The predicted molar refractivity (Wildman–Crippen MR) is 83.8 cm³/mol. The lowest BCUT2D eigenvalue weighted by Crippen LogP contribution is -2.57. The molecule has 7 nitrogen and oxygen atoms in total. The number of aryl methyl sites for hydroxylation is 1. The second-order valence-corrected chi connectivity index (χ2v) is 6.82. The molecule has 23 heavy (non-hydrogen) atoms. The third-order valence-electron chi connectivity index (χ3n) is 5.40. The highest BCUT2D eigenvalue weighted by atomic mass is 16.5. The van der Waals surface area contributed by atoms with Gasteiger partial charge in [0.2, 0.25) is 5.91 Å². The third-order valence-corrected chi connectivity index (χ3v) is 5.40. The molecule has 1 saturated carbocycles. The Balaban J connectivity index is 1.31. The molecule has 1 aliphatic carbocycles. The highest BCUT2D eigenvalue weighted by Gasteiger charge is 2.36. The highest BCUT2D eigenvalue weighted by molar-refractivity contribution is 5.78. The minimum atomic E-state index is 0.217. The van der Waals surface area contributed by atoms with Crippen LogP contribution in [0.2, 0.25) is 0 Å². The fourth-order valence-electron chi connectivity index (χ4n) is 4.14. The van der Waals surface area contributed by atoms with Crippen molar-refractivity contribution < 1.29 is 9.53 Å². The molecule has 3 atom stereocenters. The van der Waals surface area contributed by atoms with E-state index in [4.69, 9.17) is 4.74 Å². The average Bonchev–Trinajstić information content (AvgIpc) is 3.07. The van der Waals surface area contributed by atoms with Crippen LogP contribution in [-0.4, -0.2) is 63.5 Å². The van der Waals surface area contributed by atoms with Gasteiger partial charge in [0.1, 0.15) is 12.2 Å². The smallest absolute Gasteiger partial charge is 0.236 e. The molecular weight excluding hydrogens is 294 g/mol. The van der Waals surface area contributed by atoms with Crippen molar-refractivity contribution in [1.29, 1.82) is 0 Å². The van der Waals surface area contributed by atoms with Crippen LogP contribution in [0, 0.1) is 0 Å². The maximum absolute atomic E-state index is 12.7. The van der Waals surface area contributed by atoms with E-state index in [0.29, 0.717) is 25.2 Å². The number of amides is 1. The summed E-state index contributed by atoms with van der Waals surface area (Å²) in [6, 6.07) is 0.594. The predicted octanol–water partition coefficient (Wildman–Crippen LogP) is 0.353. The molecule has 1 saturated heterocycles. The topological polar surface area (TPSA) is 72.3 Å².